The standard InChI is InChI=1S/C21H18FN5O2S/c1-2-26(15-10-8-14(22)9-11-15)18(28)13-30-21-24-19-17(20(29)25-21)12-23-27(19)16-6-4-3-5-7-16/h3-12H,2,13H2,1H3,(H,24,25,29). The van der Waals surface area contributed by atoms with Crippen LogP contribution in [0.2, 0.25) is 0 Å². The third-order valence-corrected chi connectivity index (χ3v) is 5.36. The molecule has 2 aromatic carbocycles. The lowest BCUT2D eigenvalue weighted by Crippen LogP contribution is -2.32. The zero-order valence-corrected chi connectivity index (χ0v) is 16.9. The maximum atomic E-state index is 13.2. The topological polar surface area (TPSA) is 83.9 Å². The molecule has 0 aliphatic heterocycles. The zero-order chi connectivity index (χ0) is 21.1. The van der Waals surface area contributed by atoms with Crippen LogP contribution in [0.5, 0.6) is 0 Å². The fraction of sp³-hybridized carbons (Fsp3) is 0.143. The Kier molecular flexibility index (Phi) is 5.62. The third-order valence-electron chi connectivity index (χ3n) is 4.51. The number of nitrogens with one attached hydrogen (secondary N) is 1. The van der Waals surface area contributed by atoms with Crippen molar-refractivity contribution in [2.45, 2.75) is 12.1 Å². The van der Waals surface area contributed by atoms with Crippen molar-refractivity contribution in [3.05, 3.63) is 77.0 Å². The fourth-order valence-corrected chi connectivity index (χ4v) is 3.79. The Labute approximate surface area is 175 Å². The molecule has 2 aromatic heterocycles. The summed E-state index contributed by atoms with van der Waals surface area (Å²) in [7, 11) is 0. The van der Waals surface area contributed by atoms with Gasteiger partial charge in [-0.2, -0.15) is 5.10 Å². The largest absolute Gasteiger partial charge is 0.312 e. The molecule has 1 N–H and O–H groups in total. The summed E-state index contributed by atoms with van der Waals surface area (Å²) in [6.07, 6.45) is 1.47. The van der Waals surface area contributed by atoms with Crippen LogP contribution >= 0.6 is 11.8 Å². The van der Waals surface area contributed by atoms with E-state index in [1.807, 2.05) is 37.3 Å². The van der Waals surface area contributed by atoms with Crippen LogP contribution in [0.4, 0.5) is 10.1 Å². The number of carbonyl (C=O) groups excluding carboxylic acids is 1. The summed E-state index contributed by atoms with van der Waals surface area (Å²) in [6.45, 7) is 2.28. The highest BCUT2D eigenvalue weighted by Crippen LogP contribution is 2.20. The summed E-state index contributed by atoms with van der Waals surface area (Å²) in [5.74, 6) is -0.464. The molecule has 0 spiro atoms. The van der Waals surface area contributed by atoms with Crippen LogP contribution in [0.15, 0.2) is 70.7 Å². The monoisotopic (exact) mass is 423 g/mol. The molecule has 0 fully saturated rings. The molecule has 7 nitrogen and oxygen atoms in total. The van der Waals surface area contributed by atoms with Crippen LogP contribution in [0.3, 0.4) is 0 Å². The van der Waals surface area contributed by atoms with Gasteiger partial charge in [-0.25, -0.2) is 14.1 Å². The number of anilines is 1. The maximum Gasteiger partial charge on any atom is 0.262 e. The summed E-state index contributed by atoms with van der Waals surface area (Å²) in [5, 5.41) is 4.97. The minimum Gasteiger partial charge on any atom is -0.312 e. The number of H-pyrrole nitrogens is 1. The van der Waals surface area contributed by atoms with Crippen LogP contribution in [-0.4, -0.2) is 38.0 Å². The molecule has 0 aliphatic carbocycles. The molecule has 4 aromatic rings. The lowest BCUT2D eigenvalue weighted by atomic mass is 10.3. The van der Waals surface area contributed by atoms with Crippen LogP contribution in [0.1, 0.15) is 6.92 Å². The molecule has 152 valence electrons. The highest BCUT2D eigenvalue weighted by molar-refractivity contribution is 7.99. The first-order valence-corrected chi connectivity index (χ1v) is 10.3. The fourth-order valence-electron chi connectivity index (χ4n) is 3.06. The van der Waals surface area contributed by atoms with E-state index in [1.165, 1.54) is 18.3 Å². The first-order valence-electron chi connectivity index (χ1n) is 9.29. The molecule has 0 radical (unpaired) electrons. The van der Waals surface area contributed by atoms with Crippen molar-refractivity contribution in [2.75, 3.05) is 17.2 Å². The molecule has 2 heterocycles. The summed E-state index contributed by atoms with van der Waals surface area (Å²) in [6, 6.07) is 15.1. The maximum absolute atomic E-state index is 13.2. The van der Waals surface area contributed by atoms with Crippen LogP contribution in [0.25, 0.3) is 16.7 Å². The van der Waals surface area contributed by atoms with Gasteiger partial charge in [0.05, 0.1) is 17.6 Å². The molecule has 0 bridgehead atoms. The third kappa shape index (κ3) is 3.97. The number of thioether (sulfide) groups is 1. The molecule has 30 heavy (non-hydrogen) atoms. The summed E-state index contributed by atoms with van der Waals surface area (Å²) >= 11 is 1.13. The van der Waals surface area contributed by atoms with Gasteiger partial charge in [0, 0.05) is 12.2 Å². The second kappa shape index (κ2) is 8.50. The zero-order valence-electron chi connectivity index (χ0n) is 16.1. The van der Waals surface area contributed by atoms with Gasteiger partial charge in [0.25, 0.3) is 5.56 Å². The van der Waals surface area contributed by atoms with Gasteiger partial charge in [0.1, 0.15) is 11.2 Å². The van der Waals surface area contributed by atoms with Gasteiger partial charge in [0.15, 0.2) is 10.8 Å². The molecular formula is C21H18FN5O2S. The molecule has 0 unspecified atom stereocenters. The quantitative estimate of drug-likeness (QED) is 0.380. The van der Waals surface area contributed by atoms with Crippen molar-refractivity contribution in [1.29, 1.82) is 0 Å². The van der Waals surface area contributed by atoms with E-state index in [1.54, 1.807) is 21.7 Å². The second-order valence-corrected chi connectivity index (χ2v) is 7.37. The van der Waals surface area contributed by atoms with E-state index >= 15 is 0 Å². The normalized spacial score (nSPS) is 11.0. The highest BCUT2D eigenvalue weighted by Gasteiger charge is 2.17. The van der Waals surface area contributed by atoms with Crippen molar-refractivity contribution in [3.8, 4) is 5.69 Å². The number of rotatable bonds is 6. The summed E-state index contributed by atoms with van der Waals surface area (Å²) in [4.78, 5) is 33.9. The average Bonchev–Trinajstić information content (AvgIpc) is 3.19. The van der Waals surface area contributed by atoms with Gasteiger partial charge in [-0.1, -0.05) is 30.0 Å². The number of benzene rings is 2. The Bertz CT molecular complexity index is 1240. The Morgan fingerprint density at radius 2 is 1.90 bits per heavy atom. The van der Waals surface area contributed by atoms with Gasteiger partial charge in [-0.15, -0.1) is 0 Å². The van der Waals surface area contributed by atoms with E-state index in [-0.39, 0.29) is 23.0 Å². The lowest BCUT2D eigenvalue weighted by Gasteiger charge is -2.20. The summed E-state index contributed by atoms with van der Waals surface area (Å²) in [5.41, 5.74) is 1.50. The van der Waals surface area contributed by atoms with Crippen LogP contribution in [-0.2, 0) is 4.79 Å². The van der Waals surface area contributed by atoms with Gasteiger partial charge in [-0.3, -0.25) is 9.59 Å². The number of amides is 1. The van der Waals surface area contributed by atoms with E-state index in [9.17, 15) is 14.0 Å². The first-order chi connectivity index (χ1) is 14.6. The van der Waals surface area contributed by atoms with E-state index < -0.39 is 0 Å². The molecule has 1 amide bonds. The van der Waals surface area contributed by atoms with E-state index in [0.717, 1.165) is 17.4 Å². The van der Waals surface area contributed by atoms with Crippen molar-refractivity contribution >= 4 is 34.4 Å². The molecule has 0 saturated carbocycles. The number of fused-ring (bicyclic) bond motifs is 1. The average molecular weight is 423 g/mol. The molecule has 4 rings (SSSR count). The van der Waals surface area contributed by atoms with Crippen LogP contribution in [0, 0.1) is 5.82 Å². The van der Waals surface area contributed by atoms with Crippen molar-refractivity contribution < 1.29 is 9.18 Å². The predicted molar refractivity (Wildman–Crippen MR) is 115 cm³/mol. The summed E-state index contributed by atoms with van der Waals surface area (Å²) < 4.78 is 14.8. The highest BCUT2D eigenvalue weighted by atomic mass is 32.2. The van der Waals surface area contributed by atoms with E-state index in [4.69, 9.17) is 0 Å². The SMILES string of the molecule is CCN(C(=O)CSc1nc2c(cnn2-c2ccccc2)c(=O)[nH]1)c1ccc(F)cc1. The number of carbonyl (C=O) groups is 1. The number of para-hydroxylation sites is 1. The Morgan fingerprint density at radius 1 is 1.17 bits per heavy atom. The molecule has 0 saturated heterocycles. The van der Waals surface area contributed by atoms with E-state index in [2.05, 4.69) is 15.1 Å². The minimum absolute atomic E-state index is 0.0686. The molecule has 9 heteroatoms. The van der Waals surface area contributed by atoms with Gasteiger partial charge in [0.2, 0.25) is 5.91 Å². The van der Waals surface area contributed by atoms with Gasteiger partial charge < -0.3 is 9.88 Å². The van der Waals surface area contributed by atoms with Crippen LogP contribution < -0.4 is 10.5 Å². The molecule has 0 atom stereocenters. The minimum atomic E-state index is -0.360. The first kappa shape index (κ1) is 19.8. The van der Waals surface area contributed by atoms with Crippen molar-refractivity contribution in [2.24, 2.45) is 0 Å². The number of aromatic nitrogens is 4. The number of hydrogen-bond donors (Lipinski definition) is 1. The lowest BCUT2D eigenvalue weighted by molar-refractivity contribution is -0.116. The number of halogens is 1. The Balaban J connectivity index is 1.57. The molecular weight excluding hydrogens is 405 g/mol. The Morgan fingerprint density at radius 3 is 2.60 bits per heavy atom. The number of hydrogen-bond acceptors (Lipinski definition) is 5. The predicted octanol–water partition coefficient (Wildman–Crippen LogP) is 3.39. The van der Waals surface area contributed by atoms with Gasteiger partial charge in [-0.05, 0) is 43.3 Å². The number of nitrogens with zero attached hydrogens (tertiary/aromatic N) is 4. The molecule has 0 aliphatic rings. The number of aromatic amines is 1. The van der Waals surface area contributed by atoms with Crippen molar-refractivity contribution in [1.82, 2.24) is 19.7 Å². The second-order valence-electron chi connectivity index (χ2n) is 6.40. The van der Waals surface area contributed by atoms with Crippen molar-refractivity contribution in [3.63, 3.8) is 0 Å². The Hall–Kier alpha value is -3.46. The smallest absolute Gasteiger partial charge is 0.262 e. The van der Waals surface area contributed by atoms with Gasteiger partial charge >= 0.3 is 0 Å². The van der Waals surface area contributed by atoms with E-state index in [0.29, 0.717) is 28.4 Å².